The Bertz CT molecular complexity index is 791. The first-order chi connectivity index (χ1) is 11.6. The molecule has 4 atom stereocenters. The molecule has 1 aliphatic heterocycles. The quantitative estimate of drug-likeness (QED) is 0.706. The number of aromatic amines is 1. The second kappa shape index (κ2) is 7.35. The van der Waals surface area contributed by atoms with E-state index < -0.39 is 29.7 Å². The van der Waals surface area contributed by atoms with Crippen LogP contribution in [0.5, 0.6) is 0 Å². The average molecular weight is 350 g/mol. The maximum absolute atomic E-state index is 11.9. The molecular weight excluding hydrogens is 332 g/mol. The van der Waals surface area contributed by atoms with Crippen molar-refractivity contribution in [3.05, 3.63) is 69.0 Å². The largest absolute Gasteiger partial charge is 0.394 e. The predicted molar refractivity (Wildman–Crippen MR) is 89.9 cm³/mol. The fourth-order valence-electron chi connectivity index (χ4n) is 2.70. The van der Waals surface area contributed by atoms with E-state index in [2.05, 4.69) is 4.98 Å². The number of benzene rings is 1. The second-order valence-corrected chi connectivity index (χ2v) is 6.68. The number of thioether (sulfide) groups is 1. The zero-order chi connectivity index (χ0) is 17.1. The molecule has 24 heavy (non-hydrogen) atoms. The van der Waals surface area contributed by atoms with E-state index in [0.717, 1.165) is 10.1 Å². The van der Waals surface area contributed by atoms with Gasteiger partial charge in [-0.15, -0.1) is 11.8 Å². The Labute approximate surface area is 141 Å². The lowest BCUT2D eigenvalue weighted by Gasteiger charge is -2.19. The lowest BCUT2D eigenvalue weighted by Crippen LogP contribution is -2.36. The van der Waals surface area contributed by atoms with Crippen molar-refractivity contribution in [1.29, 1.82) is 0 Å². The molecule has 0 bridgehead atoms. The normalized spacial score (nSPS) is 26.6. The van der Waals surface area contributed by atoms with Crippen molar-refractivity contribution in [3.8, 4) is 0 Å². The monoisotopic (exact) mass is 350 g/mol. The summed E-state index contributed by atoms with van der Waals surface area (Å²) in [4.78, 5) is 25.2. The average Bonchev–Trinajstić information content (AvgIpc) is 2.90. The summed E-state index contributed by atoms with van der Waals surface area (Å²) in [6.45, 7) is -0.266. The van der Waals surface area contributed by atoms with Crippen LogP contribution < -0.4 is 11.2 Å². The third-order valence-corrected chi connectivity index (χ3v) is 5.37. The molecule has 1 aromatic heterocycles. The number of H-pyrrole nitrogens is 1. The molecule has 128 valence electrons. The summed E-state index contributed by atoms with van der Waals surface area (Å²) in [5, 5.41) is 19.7. The van der Waals surface area contributed by atoms with Gasteiger partial charge >= 0.3 is 5.69 Å². The van der Waals surface area contributed by atoms with Crippen LogP contribution in [0.3, 0.4) is 0 Å². The van der Waals surface area contributed by atoms with Crippen LogP contribution in [-0.2, 0) is 10.5 Å². The van der Waals surface area contributed by atoms with E-state index in [4.69, 9.17) is 4.74 Å². The molecule has 1 aliphatic rings. The number of nitrogens with zero attached hydrogens (tertiary/aromatic N) is 1. The summed E-state index contributed by atoms with van der Waals surface area (Å²) in [5.74, 6) is 0.648. The van der Waals surface area contributed by atoms with Gasteiger partial charge in [-0.2, -0.15) is 0 Å². The minimum Gasteiger partial charge on any atom is -0.394 e. The molecule has 1 aromatic carbocycles. The summed E-state index contributed by atoms with van der Waals surface area (Å²) < 4.78 is 6.79. The van der Waals surface area contributed by atoms with E-state index in [0.29, 0.717) is 5.75 Å². The van der Waals surface area contributed by atoms with Crippen LogP contribution >= 0.6 is 11.8 Å². The van der Waals surface area contributed by atoms with Gasteiger partial charge in [-0.1, -0.05) is 30.3 Å². The van der Waals surface area contributed by atoms with Gasteiger partial charge in [0, 0.05) is 18.0 Å². The van der Waals surface area contributed by atoms with Gasteiger partial charge in [-0.05, 0) is 5.56 Å². The first kappa shape index (κ1) is 17.0. The van der Waals surface area contributed by atoms with E-state index in [1.54, 1.807) is 0 Å². The Balaban J connectivity index is 1.78. The SMILES string of the molecule is O=c1ccn([C@@H]2O[C@H](CO)[C@H](SCc3ccccc3)[C@H]2O)c(=O)[nH]1. The fourth-order valence-corrected chi connectivity index (χ4v) is 3.97. The number of nitrogens with one attached hydrogen (secondary N) is 1. The molecule has 7 nitrogen and oxygen atoms in total. The standard InChI is InChI=1S/C16H18N2O5S/c19-8-11-14(24-9-10-4-2-1-3-5-10)13(21)15(23-11)18-7-6-12(20)17-16(18)22/h1-7,11,13-15,19,21H,8-9H2,(H,17,20,22)/t11-,13-,14+,15-/m1/s1. The first-order valence-corrected chi connectivity index (χ1v) is 8.56. The molecule has 1 saturated heterocycles. The minimum atomic E-state index is -0.987. The summed E-state index contributed by atoms with van der Waals surface area (Å²) in [6.07, 6.45) is -1.25. The number of hydrogen-bond acceptors (Lipinski definition) is 6. The molecule has 1 fully saturated rings. The molecule has 0 aliphatic carbocycles. The molecule has 3 rings (SSSR count). The highest BCUT2D eigenvalue weighted by molar-refractivity contribution is 7.99. The first-order valence-electron chi connectivity index (χ1n) is 7.51. The van der Waals surface area contributed by atoms with Gasteiger partial charge in [0.25, 0.3) is 5.56 Å². The predicted octanol–water partition coefficient (Wildman–Crippen LogP) is 0.0892. The molecular formula is C16H18N2O5S. The lowest BCUT2D eigenvalue weighted by atomic mass is 10.2. The maximum Gasteiger partial charge on any atom is 0.330 e. The number of ether oxygens (including phenoxy) is 1. The number of aliphatic hydroxyl groups excluding tert-OH is 2. The van der Waals surface area contributed by atoms with Crippen LogP contribution in [0.2, 0.25) is 0 Å². The Morgan fingerprint density at radius 2 is 1.96 bits per heavy atom. The highest BCUT2D eigenvalue weighted by Gasteiger charge is 2.44. The van der Waals surface area contributed by atoms with Crippen LogP contribution in [0.4, 0.5) is 0 Å². The number of aromatic nitrogens is 2. The zero-order valence-electron chi connectivity index (χ0n) is 12.7. The van der Waals surface area contributed by atoms with Crippen molar-refractivity contribution in [2.24, 2.45) is 0 Å². The molecule has 0 amide bonds. The van der Waals surface area contributed by atoms with Gasteiger partial charge in [0.2, 0.25) is 0 Å². The topological polar surface area (TPSA) is 105 Å². The van der Waals surface area contributed by atoms with Crippen molar-refractivity contribution in [2.75, 3.05) is 6.61 Å². The van der Waals surface area contributed by atoms with Crippen LogP contribution in [0.25, 0.3) is 0 Å². The van der Waals surface area contributed by atoms with E-state index in [1.807, 2.05) is 30.3 Å². The van der Waals surface area contributed by atoms with Crippen molar-refractivity contribution >= 4 is 11.8 Å². The van der Waals surface area contributed by atoms with E-state index >= 15 is 0 Å². The Morgan fingerprint density at radius 1 is 1.21 bits per heavy atom. The highest BCUT2D eigenvalue weighted by atomic mass is 32.2. The van der Waals surface area contributed by atoms with Crippen molar-refractivity contribution in [2.45, 2.75) is 29.4 Å². The summed E-state index contributed by atoms with van der Waals surface area (Å²) in [6, 6.07) is 10.9. The molecule has 0 unspecified atom stereocenters. The van der Waals surface area contributed by atoms with Crippen LogP contribution in [-0.4, -0.2) is 43.8 Å². The van der Waals surface area contributed by atoms with E-state index in [1.165, 1.54) is 24.0 Å². The van der Waals surface area contributed by atoms with E-state index in [-0.39, 0.29) is 11.9 Å². The molecule has 3 N–H and O–H groups in total. The van der Waals surface area contributed by atoms with Gasteiger partial charge < -0.3 is 14.9 Å². The van der Waals surface area contributed by atoms with Gasteiger partial charge in [-0.3, -0.25) is 14.3 Å². The molecule has 0 saturated carbocycles. The summed E-state index contributed by atoms with van der Waals surface area (Å²) in [7, 11) is 0. The Hall–Kier alpha value is -1.87. The van der Waals surface area contributed by atoms with Crippen molar-refractivity contribution in [3.63, 3.8) is 0 Å². The van der Waals surface area contributed by atoms with E-state index in [9.17, 15) is 19.8 Å². The third-order valence-electron chi connectivity index (χ3n) is 3.90. The smallest absolute Gasteiger partial charge is 0.330 e. The molecule has 0 radical (unpaired) electrons. The van der Waals surface area contributed by atoms with Crippen LogP contribution in [0.15, 0.2) is 52.2 Å². The number of aliphatic hydroxyl groups is 2. The molecule has 8 heteroatoms. The van der Waals surface area contributed by atoms with Gasteiger partial charge in [0.1, 0.15) is 6.10 Å². The number of rotatable bonds is 5. The fraction of sp³-hybridized carbons (Fsp3) is 0.375. The highest BCUT2D eigenvalue weighted by Crippen LogP contribution is 2.37. The van der Waals surface area contributed by atoms with Crippen LogP contribution in [0, 0.1) is 0 Å². The molecule has 0 spiro atoms. The Morgan fingerprint density at radius 3 is 2.62 bits per heavy atom. The lowest BCUT2D eigenvalue weighted by molar-refractivity contribution is -0.0530. The van der Waals surface area contributed by atoms with Crippen molar-refractivity contribution in [1.82, 2.24) is 9.55 Å². The second-order valence-electron chi connectivity index (χ2n) is 5.52. The summed E-state index contributed by atoms with van der Waals surface area (Å²) in [5.41, 5.74) is -0.0783. The van der Waals surface area contributed by atoms with Crippen LogP contribution in [0.1, 0.15) is 11.8 Å². The zero-order valence-corrected chi connectivity index (χ0v) is 13.6. The third kappa shape index (κ3) is 3.46. The maximum atomic E-state index is 11.9. The summed E-state index contributed by atoms with van der Waals surface area (Å²) >= 11 is 1.46. The minimum absolute atomic E-state index is 0.266. The Kier molecular flexibility index (Phi) is 5.20. The molecule has 2 aromatic rings. The molecule has 2 heterocycles. The van der Waals surface area contributed by atoms with Crippen molar-refractivity contribution < 1.29 is 14.9 Å². The number of hydrogen-bond donors (Lipinski definition) is 3. The van der Waals surface area contributed by atoms with Gasteiger partial charge in [0.05, 0.1) is 18.0 Å². The van der Waals surface area contributed by atoms with Gasteiger partial charge in [0.15, 0.2) is 6.23 Å². The van der Waals surface area contributed by atoms with Gasteiger partial charge in [-0.25, -0.2) is 4.79 Å².